The van der Waals surface area contributed by atoms with Crippen LogP contribution in [0.3, 0.4) is 0 Å². The number of rotatable bonds is 4. The first kappa shape index (κ1) is 18.2. The van der Waals surface area contributed by atoms with Gasteiger partial charge in [0.15, 0.2) is 6.61 Å². The molecule has 0 N–H and O–H groups in total. The number of hydrogen-bond acceptors (Lipinski definition) is 3. The van der Waals surface area contributed by atoms with Crippen molar-refractivity contribution in [3.05, 3.63) is 58.9 Å². The standard InChI is InChI=1S/C19H18ClFN2O3/c1-12(13-3-6-15(21)7-4-13)22(2)18(24)10-23-16-9-14(20)5-8-17(16)26-11-19(23)25/h3-9,12H,10-11H2,1-2H3. The summed E-state index contributed by atoms with van der Waals surface area (Å²) in [5, 5.41) is 0.451. The SMILES string of the molecule is CC(c1ccc(F)cc1)N(C)C(=O)CN1C(=O)COc2ccc(Cl)cc21. The van der Waals surface area contributed by atoms with Gasteiger partial charge < -0.3 is 9.64 Å². The third-order valence-electron chi connectivity index (χ3n) is 4.48. The minimum Gasteiger partial charge on any atom is -0.482 e. The number of hydrogen-bond donors (Lipinski definition) is 0. The Morgan fingerprint density at radius 3 is 2.69 bits per heavy atom. The molecule has 2 aromatic carbocycles. The lowest BCUT2D eigenvalue weighted by Gasteiger charge is -2.32. The molecule has 1 heterocycles. The molecule has 0 bridgehead atoms. The number of benzene rings is 2. The van der Waals surface area contributed by atoms with E-state index in [2.05, 4.69) is 0 Å². The predicted molar refractivity (Wildman–Crippen MR) is 96.9 cm³/mol. The zero-order valence-corrected chi connectivity index (χ0v) is 15.2. The predicted octanol–water partition coefficient (Wildman–Crippen LogP) is 3.42. The summed E-state index contributed by atoms with van der Waals surface area (Å²) >= 11 is 6.01. The molecule has 0 fully saturated rings. The Bertz CT molecular complexity index is 841. The molecule has 2 aromatic rings. The van der Waals surface area contributed by atoms with Gasteiger partial charge in [-0.25, -0.2) is 4.39 Å². The Labute approximate surface area is 155 Å². The topological polar surface area (TPSA) is 49.9 Å². The average molecular weight is 377 g/mol. The Kier molecular flexibility index (Phi) is 5.13. The van der Waals surface area contributed by atoms with Crippen LogP contribution in [0.25, 0.3) is 0 Å². The van der Waals surface area contributed by atoms with Crippen LogP contribution >= 0.6 is 11.6 Å². The van der Waals surface area contributed by atoms with Gasteiger partial charge in [0.05, 0.1) is 11.7 Å². The molecule has 1 atom stereocenters. The highest BCUT2D eigenvalue weighted by molar-refractivity contribution is 6.31. The van der Waals surface area contributed by atoms with Gasteiger partial charge in [0.2, 0.25) is 5.91 Å². The van der Waals surface area contributed by atoms with Crippen molar-refractivity contribution in [1.29, 1.82) is 0 Å². The van der Waals surface area contributed by atoms with Crippen molar-refractivity contribution in [1.82, 2.24) is 4.90 Å². The second-order valence-corrected chi connectivity index (χ2v) is 6.55. The summed E-state index contributed by atoms with van der Waals surface area (Å²) in [6.45, 7) is 1.59. The normalized spacial score (nSPS) is 14.5. The molecule has 0 radical (unpaired) electrons. The third-order valence-corrected chi connectivity index (χ3v) is 4.72. The van der Waals surface area contributed by atoms with Gasteiger partial charge in [0.1, 0.15) is 18.1 Å². The van der Waals surface area contributed by atoms with Gasteiger partial charge in [-0.1, -0.05) is 23.7 Å². The van der Waals surface area contributed by atoms with Crippen LogP contribution in [-0.4, -0.2) is 36.9 Å². The van der Waals surface area contributed by atoms with Crippen LogP contribution in [0.15, 0.2) is 42.5 Å². The number of amides is 2. The molecule has 0 aromatic heterocycles. The second kappa shape index (κ2) is 7.33. The number of anilines is 1. The number of fused-ring (bicyclic) bond motifs is 1. The minimum absolute atomic E-state index is 0.126. The lowest BCUT2D eigenvalue weighted by molar-refractivity contribution is -0.132. The highest BCUT2D eigenvalue weighted by atomic mass is 35.5. The number of halogens is 2. The van der Waals surface area contributed by atoms with E-state index >= 15 is 0 Å². The van der Waals surface area contributed by atoms with Crippen molar-refractivity contribution >= 4 is 29.1 Å². The number of carbonyl (C=O) groups excluding carboxylic acids is 2. The summed E-state index contributed by atoms with van der Waals surface area (Å²) in [7, 11) is 1.65. The molecule has 0 aliphatic carbocycles. The molecule has 2 amide bonds. The monoisotopic (exact) mass is 376 g/mol. The van der Waals surface area contributed by atoms with Crippen molar-refractivity contribution in [3.63, 3.8) is 0 Å². The summed E-state index contributed by atoms with van der Waals surface area (Å²) in [6, 6.07) is 10.7. The molecule has 0 saturated carbocycles. The van der Waals surface area contributed by atoms with E-state index in [-0.39, 0.29) is 36.8 Å². The second-order valence-electron chi connectivity index (χ2n) is 6.11. The summed E-state index contributed by atoms with van der Waals surface area (Å²) < 4.78 is 18.5. The molecule has 0 saturated heterocycles. The van der Waals surface area contributed by atoms with E-state index in [0.717, 1.165) is 5.56 Å². The van der Waals surface area contributed by atoms with Gasteiger partial charge >= 0.3 is 0 Å². The summed E-state index contributed by atoms with van der Waals surface area (Å²) in [6.07, 6.45) is 0. The molecular weight excluding hydrogens is 359 g/mol. The molecular formula is C19H18ClFN2O3. The highest BCUT2D eigenvalue weighted by Gasteiger charge is 2.29. The average Bonchev–Trinajstić information content (AvgIpc) is 2.63. The van der Waals surface area contributed by atoms with E-state index < -0.39 is 0 Å². The van der Waals surface area contributed by atoms with E-state index in [0.29, 0.717) is 16.5 Å². The zero-order chi connectivity index (χ0) is 18.8. The van der Waals surface area contributed by atoms with Crippen LogP contribution in [0.2, 0.25) is 5.02 Å². The zero-order valence-electron chi connectivity index (χ0n) is 14.4. The highest BCUT2D eigenvalue weighted by Crippen LogP contribution is 2.34. The Balaban J connectivity index is 1.78. The van der Waals surface area contributed by atoms with Crippen LogP contribution in [-0.2, 0) is 9.59 Å². The van der Waals surface area contributed by atoms with E-state index in [4.69, 9.17) is 16.3 Å². The molecule has 136 valence electrons. The van der Waals surface area contributed by atoms with Crippen LogP contribution in [0.1, 0.15) is 18.5 Å². The van der Waals surface area contributed by atoms with E-state index in [1.165, 1.54) is 21.9 Å². The largest absolute Gasteiger partial charge is 0.482 e. The first-order valence-corrected chi connectivity index (χ1v) is 8.48. The molecule has 3 rings (SSSR count). The number of nitrogens with zero attached hydrogens (tertiary/aromatic N) is 2. The Morgan fingerprint density at radius 1 is 1.31 bits per heavy atom. The maximum atomic E-state index is 13.1. The van der Waals surface area contributed by atoms with Crippen molar-refractivity contribution in [2.24, 2.45) is 0 Å². The van der Waals surface area contributed by atoms with Gasteiger partial charge in [0, 0.05) is 12.1 Å². The van der Waals surface area contributed by atoms with Crippen LogP contribution in [0, 0.1) is 5.82 Å². The van der Waals surface area contributed by atoms with Crippen molar-refractivity contribution in [3.8, 4) is 5.75 Å². The summed E-state index contributed by atoms with van der Waals surface area (Å²) in [4.78, 5) is 27.9. The Morgan fingerprint density at radius 2 is 2.00 bits per heavy atom. The lowest BCUT2D eigenvalue weighted by Crippen LogP contribution is -2.46. The van der Waals surface area contributed by atoms with Gasteiger partial charge in [-0.15, -0.1) is 0 Å². The molecule has 1 unspecified atom stereocenters. The summed E-state index contributed by atoms with van der Waals surface area (Å²) in [5.74, 6) is -0.377. The van der Waals surface area contributed by atoms with Crippen LogP contribution in [0.4, 0.5) is 10.1 Å². The maximum absolute atomic E-state index is 13.1. The smallest absolute Gasteiger partial charge is 0.265 e. The number of likely N-dealkylation sites (N-methyl/N-ethyl adjacent to an activating group) is 1. The van der Waals surface area contributed by atoms with E-state index in [9.17, 15) is 14.0 Å². The lowest BCUT2D eigenvalue weighted by atomic mass is 10.1. The molecule has 7 heteroatoms. The fourth-order valence-corrected chi connectivity index (χ4v) is 2.94. The van der Waals surface area contributed by atoms with Gasteiger partial charge in [-0.3, -0.25) is 14.5 Å². The molecule has 0 spiro atoms. The Hall–Kier alpha value is -2.60. The van der Waals surface area contributed by atoms with Crippen molar-refractivity contribution < 1.29 is 18.7 Å². The summed E-state index contributed by atoms with van der Waals surface area (Å²) in [5.41, 5.74) is 1.28. The van der Waals surface area contributed by atoms with Gasteiger partial charge in [-0.2, -0.15) is 0 Å². The number of ether oxygens (including phenoxy) is 1. The first-order valence-electron chi connectivity index (χ1n) is 8.10. The fourth-order valence-electron chi connectivity index (χ4n) is 2.78. The third kappa shape index (κ3) is 3.65. The molecule has 26 heavy (non-hydrogen) atoms. The quantitative estimate of drug-likeness (QED) is 0.821. The maximum Gasteiger partial charge on any atom is 0.265 e. The molecule has 1 aliphatic heterocycles. The van der Waals surface area contributed by atoms with Crippen molar-refractivity contribution in [2.75, 3.05) is 25.1 Å². The van der Waals surface area contributed by atoms with E-state index in [1.807, 2.05) is 6.92 Å². The van der Waals surface area contributed by atoms with Crippen LogP contribution < -0.4 is 9.64 Å². The molecule has 5 nitrogen and oxygen atoms in total. The van der Waals surface area contributed by atoms with Crippen molar-refractivity contribution in [2.45, 2.75) is 13.0 Å². The molecule has 1 aliphatic rings. The van der Waals surface area contributed by atoms with E-state index in [1.54, 1.807) is 37.4 Å². The van der Waals surface area contributed by atoms with Gasteiger partial charge in [-0.05, 0) is 42.8 Å². The van der Waals surface area contributed by atoms with Crippen LogP contribution in [0.5, 0.6) is 5.75 Å². The fraction of sp³-hybridized carbons (Fsp3) is 0.263. The van der Waals surface area contributed by atoms with Gasteiger partial charge in [0.25, 0.3) is 5.91 Å². The first-order chi connectivity index (χ1) is 12.4. The number of carbonyl (C=O) groups is 2. The minimum atomic E-state index is -0.331.